The van der Waals surface area contributed by atoms with Gasteiger partial charge >= 0.3 is 5.97 Å². The molecule has 1 atom stereocenters. The Morgan fingerprint density at radius 1 is 1.38 bits per heavy atom. The second-order valence-electron chi connectivity index (χ2n) is 5.98. The molecule has 0 radical (unpaired) electrons. The molecule has 0 saturated carbocycles. The molecule has 0 amide bonds. The number of allylic oxidation sites excluding steroid dienone is 1. The number of ether oxygens (including phenoxy) is 2. The molecule has 24 heavy (non-hydrogen) atoms. The number of rotatable bonds is 4. The standard InChI is InChI=1S/C17H22N4O3/c1-5-21-10-13-11(2)18-14(19-15(13)20-21)12-6-8-17(24-4,9-7-12)16(22)23-3/h6,10H,5,7-9H2,1-4H3. The van der Waals surface area contributed by atoms with Crippen LogP contribution < -0.4 is 0 Å². The van der Waals surface area contributed by atoms with Crippen LogP contribution in [0.4, 0.5) is 0 Å². The first kappa shape index (κ1) is 16.6. The highest BCUT2D eigenvalue weighted by Crippen LogP contribution is 2.35. The van der Waals surface area contributed by atoms with E-state index in [0.29, 0.717) is 30.7 Å². The molecule has 2 aromatic rings. The van der Waals surface area contributed by atoms with Gasteiger partial charge in [-0.15, -0.1) is 0 Å². The van der Waals surface area contributed by atoms with E-state index in [2.05, 4.69) is 15.1 Å². The maximum Gasteiger partial charge on any atom is 0.338 e. The molecule has 0 aliphatic heterocycles. The van der Waals surface area contributed by atoms with E-state index < -0.39 is 5.60 Å². The zero-order chi connectivity index (χ0) is 17.3. The van der Waals surface area contributed by atoms with E-state index in [1.165, 1.54) is 7.11 Å². The Labute approximate surface area is 140 Å². The highest BCUT2D eigenvalue weighted by atomic mass is 16.6. The fourth-order valence-corrected chi connectivity index (χ4v) is 3.07. The van der Waals surface area contributed by atoms with Crippen LogP contribution in [0.25, 0.3) is 16.6 Å². The zero-order valence-corrected chi connectivity index (χ0v) is 14.5. The third kappa shape index (κ3) is 2.69. The lowest BCUT2D eigenvalue weighted by Crippen LogP contribution is -2.42. The van der Waals surface area contributed by atoms with Crippen molar-refractivity contribution in [1.82, 2.24) is 19.7 Å². The van der Waals surface area contributed by atoms with Gasteiger partial charge in [-0.05, 0) is 32.3 Å². The molecule has 0 saturated heterocycles. The Hall–Kier alpha value is -2.28. The fraction of sp³-hybridized carbons (Fsp3) is 0.529. The van der Waals surface area contributed by atoms with Gasteiger partial charge in [-0.3, -0.25) is 4.68 Å². The van der Waals surface area contributed by atoms with Crippen LogP contribution in [0.3, 0.4) is 0 Å². The van der Waals surface area contributed by atoms with Crippen molar-refractivity contribution in [2.24, 2.45) is 0 Å². The van der Waals surface area contributed by atoms with Crippen molar-refractivity contribution in [3.8, 4) is 0 Å². The lowest BCUT2D eigenvalue weighted by Gasteiger charge is -2.32. The highest BCUT2D eigenvalue weighted by Gasteiger charge is 2.41. The second kappa shape index (κ2) is 6.32. The van der Waals surface area contributed by atoms with Gasteiger partial charge in [0.05, 0.1) is 18.2 Å². The minimum atomic E-state index is -0.902. The van der Waals surface area contributed by atoms with E-state index in [1.807, 2.05) is 30.8 Å². The number of hydrogen-bond donors (Lipinski definition) is 0. The molecule has 0 N–H and O–H groups in total. The summed E-state index contributed by atoms with van der Waals surface area (Å²) >= 11 is 0. The van der Waals surface area contributed by atoms with Gasteiger partial charge in [-0.2, -0.15) is 5.10 Å². The largest absolute Gasteiger partial charge is 0.467 e. The number of aryl methyl sites for hydroxylation is 2. The van der Waals surface area contributed by atoms with Gasteiger partial charge < -0.3 is 9.47 Å². The van der Waals surface area contributed by atoms with Crippen LogP contribution >= 0.6 is 0 Å². The first-order chi connectivity index (χ1) is 11.5. The number of hydrogen-bond acceptors (Lipinski definition) is 6. The van der Waals surface area contributed by atoms with E-state index >= 15 is 0 Å². The van der Waals surface area contributed by atoms with Gasteiger partial charge in [0.2, 0.25) is 0 Å². The Balaban J connectivity index is 1.94. The minimum absolute atomic E-state index is 0.338. The van der Waals surface area contributed by atoms with Gasteiger partial charge in [0.1, 0.15) is 0 Å². The number of carbonyl (C=O) groups is 1. The average molecular weight is 330 g/mol. The van der Waals surface area contributed by atoms with Gasteiger partial charge in [-0.25, -0.2) is 14.8 Å². The summed E-state index contributed by atoms with van der Waals surface area (Å²) in [4.78, 5) is 21.2. The number of aromatic nitrogens is 4. The van der Waals surface area contributed by atoms with Crippen molar-refractivity contribution in [3.05, 3.63) is 23.8 Å². The predicted molar refractivity (Wildman–Crippen MR) is 89.3 cm³/mol. The van der Waals surface area contributed by atoms with Crippen LogP contribution in [0.2, 0.25) is 0 Å². The van der Waals surface area contributed by atoms with Crippen molar-refractivity contribution in [3.63, 3.8) is 0 Å². The molecule has 0 aromatic carbocycles. The lowest BCUT2D eigenvalue weighted by atomic mass is 9.85. The first-order valence-corrected chi connectivity index (χ1v) is 8.07. The van der Waals surface area contributed by atoms with Gasteiger partial charge in [0.15, 0.2) is 17.1 Å². The SMILES string of the molecule is CCn1cc2c(C)nc(C3=CCC(OC)(C(=O)OC)CC3)nc2n1. The Kier molecular flexibility index (Phi) is 4.36. The predicted octanol–water partition coefficient (Wildman–Crippen LogP) is 2.28. The smallest absolute Gasteiger partial charge is 0.338 e. The summed E-state index contributed by atoms with van der Waals surface area (Å²) in [5.74, 6) is 0.338. The van der Waals surface area contributed by atoms with Crippen LogP contribution in [-0.2, 0) is 20.8 Å². The van der Waals surface area contributed by atoms with Crippen LogP contribution in [0.15, 0.2) is 12.3 Å². The summed E-state index contributed by atoms with van der Waals surface area (Å²) in [5.41, 5.74) is 1.73. The van der Waals surface area contributed by atoms with Gasteiger partial charge in [0, 0.05) is 26.3 Å². The summed E-state index contributed by atoms with van der Waals surface area (Å²) in [6.45, 7) is 4.80. The summed E-state index contributed by atoms with van der Waals surface area (Å²) < 4.78 is 12.2. The van der Waals surface area contributed by atoms with E-state index in [4.69, 9.17) is 9.47 Å². The summed E-state index contributed by atoms with van der Waals surface area (Å²) in [7, 11) is 2.92. The molecule has 0 fully saturated rings. The summed E-state index contributed by atoms with van der Waals surface area (Å²) in [6, 6.07) is 0. The second-order valence-corrected chi connectivity index (χ2v) is 5.98. The molecular weight excluding hydrogens is 308 g/mol. The molecule has 128 valence electrons. The molecule has 7 heteroatoms. The first-order valence-electron chi connectivity index (χ1n) is 8.07. The zero-order valence-electron chi connectivity index (χ0n) is 14.5. The van der Waals surface area contributed by atoms with E-state index in [9.17, 15) is 4.79 Å². The average Bonchev–Trinajstić information content (AvgIpc) is 3.05. The van der Waals surface area contributed by atoms with Gasteiger partial charge in [-0.1, -0.05) is 6.08 Å². The van der Waals surface area contributed by atoms with E-state index in [0.717, 1.165) is 23.2 Å². The molecule has 0 spiro atoms. The topological polar surface area (TPSA) is 79.1 Å². The maximum atomic E-state index is 12.0. The summed E-state index contributed by atoms with van der Waals surface area (Å²) in [5, 5.41) is 5.44. The monoisotopic (exact) mass is 330 g/mol. The normalized spacial score (nSPS) is 20.9. The molecule has 2 heterocycles. The third-order valence-electron chi connectivity index (χ3n) is 4.65. The van der Waals surface area contributed by atoms with Crippen molar-refractivity contribution in [1.29, 1.82) is 0 Å². The molecule has 1 unspecified atom stereocenters. The molecule has 1 aliphatic carbocycles. The fourth-order valence-electron chi connectivity index (χ4n) is 3.07. The molecular formula is C17H22N4O3. The number of fused-ring (bicyclic) bond motifs is 1. The van der Waals surface area contributed by atoms with E-state index in [1.54, 1.807) is 7.11 Å². The molecule has 1 aliphatic rings. The third-order valence-corrected chi connectivity index (χ3v) is 4.65. The number of esters is 1. The van der Waals surface area contributed by atoms with Crippen molar-refractivity contribution in [2.45, 2.75) is 45.3 Å². The van der Waals surface area contributed by atoms with Crippen LogP contribution in [0.5, 0.6) is 0 Å². The lowest BCUT2D eigenvalue weighted by molar-refractivity contribution is -0.166. The summed E-state index contributed by atoms with van der Waals surface area (Å²) in [6.07, 6.45) is 5.60. The molecule has 7 nitrogen and oxygen atoms in total. The highest BCUT2D eigenvalue weighted by molar-refractivity contribution is 5.82. The Bertz CT molecular complexity index is 812. The Morgan fingerprint density at radius 2 is 2.17 bits per heavy atom. The quantitative estimate of drug-likeness (QED) is 0.800. The number of nitrogens with zero attached hydrogens (tertiary/aromatic N) is 4. The van der Waals surface area contributed by atoms with Crippen molar-refractivity contribution >= 4 is 22.6 Å². The van der Waals surface area contributed by atoms with Crippen LogP contribution in [-0.4, -0.2) is 45.5 Å². The van der Waals surface area contributed by atoms with Crippen molar-refractivity contribution < 1.29 is 14.3 Å². The molecule has 0 bridgehead atoms. The molecule has 3 rings (SSSR count). The Morgan fingerprint density at radius 3 is 2.75 bits per heavy atom. The van der Waals surface area contributed by atoms with Crippen molar-refractivity contribution in [2.75, 3.05) is 14.2 Å². The van der Waals surface area contributed by atoms with E-state index in [-0.39, 0.29) is 5.97 Å². The minimum Gasteiger partial charge on any atom is -0.467 e. The number of carbonyl (C=O) groups excluding carboxylic acids is 1. The van der Waals surface area contributed by atoms with Crippen LogP contribution in [0, 0.1) is 6.92 Å². The van der Waals surface area contributed by atoms with Gasteiger partial charge in [0.25, 0.3) is 0 Å². The maximum absolute atomic E-state index is 12.0. The number of methoxy groups -OCH3 is 2. The van der Waals surface area contributed by atoms with Crippen LogP contribution in [0.1, 0.15) is 37.7 Å². The molecule has 2 aromatic heterocycles.